The first-order valence-electron chi connectivity index (χ1n) is 6.68. The van der Waals surface area contributed by atoms with Crippen LogP contribution in [0.5, 0.6) is 0 Å². The maximum atomic E-state index is 12.1. The van der Waals surface area contributed by atoms with Crippen LogP contribution in [0.25, 0.3) is 0 Å². The highest BCUT2D eigenvalue weighted by molar-refractivity contribution is 6.05. The Hall–Kier alpha value is -2.89. The van der Waals surface area contributed by atoms with Gasteiger partial charge in [-0.3, -0.25) is 14.4 Å². The van der Waals surface area contributed by atoms with Gasteiger partial charge in [-0.05, 0) is 24.3 Å². The summed E-state index contributed by atoms with van der Waals surface area (Å²) in [7, 11) is 4.93. The van der Waals surface area contributed by atoms with E-state index in [9.17, 15) is 14.4 Å². The molecule has 0 fully saturated rings. The predicted molar refractivity (Wildman–Crippen MR) is 84.1 cm³/mol. The minimum absolute atomic E-state index is 0.148. The Bertz CT molecular complexity index is 778. The second kappa shape index (κ2) is 6.26. The third-order valence-electron chi connectivity index (χ3n) is 3.14. The first-order valence-corrected chi connectivity index (χ1v) is 6.68. The van der Waals surface area contributed by atoms with Gasteiger partial charge in [-0.2, -0.15) is 0 Å². The van der Waals surface area contributed by atoms with Gasteiger partial charge in [0.2, 0.25) is 0 Å². The van der Waals surface area contributed by atoms with E-state index < -0.39 is 5.91 Å². The number of benzene rings is 1. The third-order valence-corrected chi connectivity index (χ3v) is 3.14. The van der Waals surface area contributed by atoms with Crippen LogP contribution in [0.3, 0.4) is 0 Å². The molecule has 2 rings (SSSR count). The van der Waals surface area contributed by atoms with Crippen LogP contribution in [-0.2, 0) is 7.05 Å². The number of carbonyl (C=O) groups excluding carboxylic acids is 2. The molecule has 2 amide bonds. The van der Waals surface area contributed by atoms with Crippen LogP contribution in [0.2, 0.25) is 0 Å². The lowest BCUT2D eigenvalue weighted by Crippen LogP contribution is -2.22. The number of amides is 2. The summed E-state index contributed by atoms with van der Waals surface area (Å²) < 4.78 is 1.38. The number of anilines is 1. The molecule has 2 aromatic rings. The molecule has 1 aromatic carbocycles. The molecule has 114 valence electrons. The van der Waals surface area contributed by atoms with Gasteiger partial charge in [0.1, 0.15) is 0 Å². The second-order valence-electron chi connectivity index (χ2n) is 5.10. The number of hydrogen-bond donors (Lipinski definition) is 1. The van der Waals surface area contributed by atoms with Crippen molar-refractivity contribution in [2.24, 2.45) is 7.05 Å². The van der Waals surface area contributed by atoms with E-state index in [-0.39, 0.29) is 17.0 Å². The Labute approximate surface area is 128 Å². The molecule has 1 N–H and O–H groups in total. The summed E-state index contributed by atoms with van der Waals surface area (Å²) in [5.41, 5.74) is 0.988. The van der Waals surface area contributed by atoms with Crippen molar-refractivity contribution >= 4 is 17.5 Å². The van der Waals surface area contributed by atoms with E-state index >= 15 is 0 Å². The Morgan fingerprint density at radius 2 is 1.82 bits per heavy atom. The van der Waals surface area contributed by atoms with Crippen LogP contribution >= 0.6 is 0 Å². The standard InChI is InChI=1S/C16H17N3O3/c1-18(2)16(22)12-5-4-6-13(9-12)17-15(21)11-7-8-19(3)14(20)10-11/h4-10H,1-3H3,(H,17,21). The Morgan fingerprint density at radius 1 is 1.09 bits per heavy atom. The van der Waals surface area contributed by atoms with E-state index in [2.05, 4.69) is 5.32 Å². The van der Waals surface area contributed by atoms with Crippen LogP contribution in [0.15, 0.2) is 47.4 Å². The number of aromatic nitrogens is 1. The molecule has 1 aromatic heterocycles. The molecule has 0 radical (unpaired) electrons. The number of nitrogens with zero attached hydrogens (tertiary/aromatic N) is 2. The smallest absolute Gasteiger partial charge is 0.255 e. The zero-order chi connectivity index (χ0) is 16.3. The third kappa shape index (κ3) is 3.41. The number of pyridine rings is 1. The van der Waals surface area contributed by atoms with Gasteiger partial charge in [0.25, 0.3) is 17.4 Å². The topological polar surface area (TPSA) is 71.4 Å². The van der Waals surface area contributed by atoms with E-state index in [1.165, 1.54) is 21.7 Å². The number of aryl methyl sites for hydroxylation is 1. The zero-order valence-electron chi connectivity index (χ0n) is 12.7. The van der Waals surface area contributed by atoms with Crippen LogP contribution in [-0.4, -0.2) is 35.4 Å². The molecule has 6 nitrogen and oxygen atoms in total. The lowest BCUT2D eigenvalue weighted by molar-refractivity contribution is 0.0827. The SMILES string of the molecule is CN(C)C(=O)c1cccc(NC(=O)c2ccn(C)c(=O)c2)c1. The predicted octanol–water partition coefficient (Wildman–Crippen LogP) is 1.34. The molecule has 0 bridgehead atoms. The molecule has 0 saturated heterocycles. The maximum absolute atomic E-state index is 12.1. The van der Waals surface area contributed by atoms with Gasteiger partial charge < -0.3 is 14.8 Å². The average Bonchev–Trinajstić information content (AvgIpc) is 2.49. The van der Waals surface area contributed by atoms with Gasteiger partial charge in [-0.25, -0.2) is 0 Å². The van der Waals surface area contributed by atoms with E-state index in [0.717, 1.165) is 0 Å². The molecule has 0 aliphatic heterocycles. The number of hydrogen-bond acceptors (Lipinski definition) is 3. The summed E-state index contributed by atoms with van der Waals surface area (Å²) in [6.07, 6.45) is 1.53. The Morgan fingerprint density at radius 3 is 2.45 bits per heavy atom. The summed E-state index contributed by atoms with van der Waals surface area (Å²) in [6, 6.07) is 9.48. The first-order chi connectivity index (χ1) is 10.4. The normalized spacial score (nSPS) is 10.1. The summed E-state index contributed by atoms with van der Waals surface area (Å²) >= 11 is 0. The van der Waals surface area contributed by atoms with Crippen molar-refractivity contribution < 1.29 is 9.59 Å². The highest BCUT2D eigenvalue weighted by atomic mass is 16.2. The summed E-state index contributed by atoms with van der Waals surface area (Å²) in [5.74, 6) is -0.545. The number of rotatable bonds is 3. The van der Waals surface area contributed by atoms with Crippen molar-refractivity contribution in [3.05, 3.63) is 64.1 Å². The highest BCUT2D eigenvalue weighted by Gasteiger charge is 2.11. The van der Waals surface area contributed by atoms with Crippen molar-refractivity contribution in [1.82, 2.24) is 9.47 Å². The fraction of sp³-hybridized carbons (Fsp3) is 0.188. The molecule has 0 atom stereocenters. The molecule has 0 aliphatic carbocycles. The Balaban J connectivity index is 2.21. The van der Waals surface area contributed by atoms with Gasteiger partial charge in [-0.15, -0.1) is 0 Å². The highest BCUT2D eigenvalue weighted by Crippen LogP contribution is 2.13. The van der Waals surface area contributed by atoms with Gasteiger partial charge in [-0.1, -0.05) is 6.07 Å². The molecule has 1 heterocycles. The Kier molecular flexibility index (Phi) is 4.41. The number of carbonyl (C=O) groups is 2. The first kappa shape index (κ1) is 15.5. The van der Waals surface area contributed by atoms with Crippen LogP contribution in [0.1, 0.15) is 20.7 Å². The fourth-order valence-electron chi connectivity index (χ4n) is 1.88. The summed E-state index contributed by atoms with van der Waals surface area (Å²) in [6.45, 7) is 0. The van der Waals surface area contributed by atoms with Crippen molar-refractivity contribution in [2.45, 2.75) is 0 Å². The van der Waals surface area contributed by atoms with Gasteiger partial charge >= 0.3 is 0 Å². The minimum Gasteiger partial charge on any atom is -0.345 e. The molecular weight excluding hydrogens is 282 g/mol. The van der Waals surface area contributed by atoms with Crippen LogP contribution in [0, 0.1) is 0 Å². The minimum atomic E-state index is -0.396. The van der Waals surface area contributed by atoms with Gasteiger partial charge in [0.15, 0.2) is 0 Å². The van der Waals surface area contributed by atoms with Gasteiger partial charge in [0.05, 0.1) is 0 Å². The largest absolute Gasteiger partial charge is 0.345 e. The lowest BCUT2D eigenvalue weighted by atomic mass is 10.1. The van der Waals surface area contributed by atoms with Crippen molar-refractivity contribution in [1.29, 1.82) is 0 Å². The van der Waals surface area contributed by atoms with Gasteiger partial charge in [0, 0.05) is 50.2 Å². The fourth-order valence-corrected chi connectivity index (χ4v) is 1.88. The van der Waals surface area contributed by atoms with E-state index in [4.69, 9.17) is 0 Å². The molecule has 0 spiro atoms. The number of nitrogens with one attached hydrogen (secondary N) is 1. The monoisotopic (exact) mass is 299 g/mol. The van der Waals surface area contributed by atoms with Crippen molar-refractivity contribution in [2.75, 3.05) is 19.4 Å². The molecular formula is C16H17N3O3. The van der Waals surface area contributed by atoms with Crippen molar-refractivity contribution in [3.8, 4) is 0 Å². The van der Waals surface area contributed by atoms with E-state index in [1.54, 1.807) is 51.5 Å². The zero-order valence-corrected chi connectivity index (χ0v) is 12.7. The van der Waals surface area contributed by atoms with Crippen LogP contribution in [0.4, 0.5) is 5.69 Å². The molecule has 22 heavy (non-hydrogen) atoms. The molecule has 0 aliphatic rings. The average molecular weight is 299 g/mol. The molecule has 6 heteroatoms. The van der Waals surface area contributed by atoms with Crippen LogP contribution < -0.4 is 10.9 Å². The molecule has 0 saturated carbocycles. The lowest BCUT2D eigenvalue weighted by Gasteiger charge is -2.11. The maximum Gasteiger partial charge on any atom is 0.255 e. The van der Waals surface area contributed by atoms with E-state index in [0.29, 0.717) is 11.3 Å². The second-order valence-corrected chi connectivity index (χ2v) is 5.10. The van der Waals surface area contributed by atoms with Crippen molar-refractivity contribution in [3.63, 3.8) is 0 Å². The summed E-state index contributed by atoms with van der Waals surface area (Å²) in [4.78, 5) is 37.0. The van der Waals surface area contributed by atoms with E-state index in [1.807, 2.05) is 0 Å². The summed E-state index contributed by atoms with van der Waals surface area (Å²) in [5, 5.41) is 2.68. The molecule has 0 unspecified atom stereocenters. The quantitative estimate of drug-likeness (QED) is 0.929.